The summed E-state index contributed by atoms with van der Waals surface area (Å²) in [5, 5.41) is 11.9. The molecule has 5 rings (SSSR count). The van der Waals surface area contributed by atoms with E-state index < -0.39 is 0 Å². The molecule has 186 valence electrons. The number of benzene rings is 2. The topological polar surface area (TPSA) is 98.0 Å². The van der Waals surface area contributed by atoms with Crippen molar-refractivity contribution in [2.75, 3.05) is 20.2 Å². The SMILES string of the molecule is CCn1c(C2CCN(C(=O)c3cc(-c4ccccc4OC)n[nH]3)CC2)nn(Cc2ccccc2)c1=O. The van der Waals surface area contributed by atoms with Gasteiger partial charge in [0.2, 0.25) is 0 Å². The molecule has 9 heteroatoms. The summed E-state index contributed by atoms with van der Waals surface area (Å²) in [5.74, 6) is 1.57. The van der Waals surface area contributed by atoms with Crippen molar-refractivity contribution < 1.29 is 9.53 Å². The molecule has 0 spiro atoms. The van der Waals surface area contributed by atoms with E-state index in [1.165, 1.54) is 0 Å². The van der Waals surface area contributed by atoms with Crippen LogP contribution in [0.25, 0.3) is 11.3 Å². The number of likely N-dealkylation sites (tertiary alicyclic amines) is 1. The maximum atomic E-state index is 13.2. The number of carbonyl (C=O) groups is 1. The average Bonchev–Trinajstić information content (AvgIpc) is 3.54. The Balaban J connectivity index is 1.28. The Morgan fingerprint density at radius 1 is 1.08 bits per heavy atom. The predicted molar refractivity (Wildman–Crippen MR) is 136 cm³/mol. The van der Waals surface area contributed by atoms with Crippen LogP contribution in [-0.2, 0) is 13.1 Å². The van der Waals surface area contributed by atoms with Crippen molar-refractivity contribution in [3.63, 3.8) is 0 Å². The zero-order chi connectivity index (χ0) is 25.1. The lowest BCUT2D eigenvalue weighted by Gasteiger charge is -2.31. The van der Waals surface area contributed by atoms with Gasteiger partial charge in [-0.25, -0.2) is 9.48 Å². The summed E-state index contributed by atoms with van der Waals surface area (Å²) in [5.41, 5.74) is 2.90. The number of nitrogens with zero attached hydrogens (tertiary/aromatic N) is 5. The molecule has 2 aromatic carbocycles. The van der Waals surface area contributed by atoms with E-state index in [4.69, 9.17) is 9.84 Å². The number of aromatic nitrogens is 5. The van der Waals surface area contributed by atoms with Gasteiger partial charge in [-0.3, -0.25) is 14.5 Å². The molecular weight excluding hydrogens is 456 g/mol. The van der Waals surface area contributed by atoms with Crippen LogP contribution in [0, 0.1) is 0 Å². The number of hydrogen-bond donors (Lipinski definition) is 1. The van der Waals surface area contributed by atoms with Crippen molar-refractivity contribution in [2.45, 2.75) is 38.8 Å². The number of hydrogen-bond acceptors (Lipinski definition) is 5. The molecule has 0 radical (unpaired) electrons. The molecule has 0 atom stereocenters. The number of carbonyl (C=O) groups excluding carboxylic acids is 1. The van der Waals surface area contributed by atoms with Crippen LogP contribution in [-0.4, -0.2) is 55.6 Å². The minimum atomic E-state index is -0.0869. The van der Waals surface area contributed by atoms with Crippen LogP contribution in [0.5, 0.6) is 5.75 Å². The van der Waals surface area contributed by atoms with Crippen molar-refractivity contribution >= 4 is 5.91 Å². The molecule has 9 nitrogen and oxygen atoms in total. The Kier molecular flexibility index (Phi) is 6.71. The summed E-state index contributed by atoms with van der Waals surface area (Å²) in [6.07, 6.45) is 1.50. The van der Waals surface area contributed by atoms with Gasteiger partial charge in [0.1, 0.15) is 17.3 Å². The van der Waals surface area contributed by atoms with E-state index in [1.54, 1.807) is 22.4 Å². The van der Waals surface area contributed by atoms with Gasteiger partial charge < -0.3 is 9.64 Å². The second kappa shape index (κ2) is 10.2. The first kappa shape index (κ1) is 23.6. The third-order valence-corrected chi connectivity index (χ3v) is 6.78. The average molecular weight is 487 g/mol. The Labute approximate surface area is 209 Å². The quantitative estimate of drug-likeness (QED) is 0.431. The molecule has 2 aromatic heterocycles. The maximum absolute atomic E-state index is 13.2. The number of aromatic amines is 1. The Hall–Kier alpha value is -4.14. The van der Waals surface area contributed by atoms with Gasteiger partial charge in [0.05, 0.1) is 19.3 Å². The minimum absolute atomic E-state index is 0.0791. The number of amides is 1. The lowest BCUT2D eigenvalue weighted by atomic mass is 9.95. The number of ether oxygens (including phenoxy) is 1. The Morgan fingerprint density at radius 3 is 2.53 bits per heavy atom. The number of piperidine rings is 1. The summed E-state index contributed by atoms with van der Waals surface area (Å²) in [6.45, 7) is 4.18. The fourth-order valence-electron chi connectivity index (χ4n) is 4.85. The van der Waals surface area contributed by atoms with Gasteiger partial charge >= 0.3 is 5.69 Å². The lowest BCUT2D eigenvalue weighted by Crippen LogP contribution is -2.38. The second-order valence-corrected chi connectivity index (χ2v) is 8.96. The van der Waals surface area contributed by atoms with Crippen LogP contribution in [0.2, 0.25) is 0 Å². The van der Waals surface area contributed by atoms with Crippen LogP contribution in [0.4, 0.5) is 0 Å². The second-order valence-electron chi connectivity index (χ2n) is 8.96. The van der Waals surface area contributed by atoms with Gasteiger partial charge in [0, 0.05) is 31.1 Å². The Bertz CT molecular complexity index is 1400. The highest BCUT2D eigenvalue weighted by Crippen LogP contribution is 2.30. The van der Waals surface area contributed by atoms with Crippen molar-refractivity contribution in [1.29, 1.82) is 0 Å². The molecule has 0 aliphatic carbocycles. The highest BCUT2D eigenvalue weighted by atomic mass is 16.5. The van der Waals surface area contributed by atoms with Crippen LogP contribution in [0.1, 0.15) is 47.6 Å². The summed E-state index contributed by atoms with van der Waals surface area (Å²) in [7, 11) is 1.62. The highest BCUT2D eigenvalue weighted by Gasteiger charge is 2.29. The zero-order valence-electron chi connectivity index (χ0n) is 20.6. The van der Waals surface area contributed by atoms with E-state index in [-0.39, 0.29) is 17.5 Å². The molecule has 1 fully saturated rings. The van der Waals surface area contributed by atoms with Crippen molar-refractivity contribution in [3.8, 4) is 17.0 Å². The van der Waals surface area contributed by atoms with Gasteiger partial charge in [0.15, 0.2) is 0 Å². The van der Waals surface area contributed by atoms with Crippen LogP contribution in [0.3, 0.4) is 0 Å². The van der Waals surface area contributed by atoms with E-state index in [0.29, 0.717) is 43.3 Å². The minimum Gasteiger partial charge on any atom is -0.496 e. The van der Waals surface area contributed by atoms with E-state index in [2.05, 4.69) is 10.2 Å². The normalized spacial score (nSPS) is 14.2. The molecule has 3 heterocycles. The number of H-pyrrole nitrogens is 1. The fourth-order valence-corrected chi connectivity index (χ4v) is 4.85. The van der Waals surface area contributed by atoms with E-state index in [0.717, 1.165) is 29.8 Å². The third kappa shape index (κ3) is 4.56. The van der Waals surface area contributed by atoms with Crippen LogP contribution < -0.4 is 10.4 Å². The molecule has 1 aliphatic heterocycles. The summed E-state index contributed by atoms with van der Waals surface area (Å²) in [6, 6.07) is 19.2. The van der Waals surface area contributed by atoms with Crippen molar-refractivity contribution in [3.05, 3.63) is 88.2 Å². The lowest BCUT2D eigenvalue weighted by molar-refractivity contribution is 0.0704. The monoisotopic (exact) mass is 486 g/mol. The zero-order valence-corrected chi connectivity index (χ0v) is 20.6. The summed E-state index contributed by atoms with van der Waals surface area (Å²) >= 11 is 0. The molecular formula is C27H30N6O3. The first-order valence-corrected chi connectivity index (χ1v) is 12.3. The Morgan fingerprint density at radius 2 is 1.81 bits per heavy atom. The molecule has 0 bridgehead atoms. The fraction of sp³-hybridized carbons (Fsp3) is 0.333. The van der Waals surface area contributed by atoms with Gasteiger partial charge in [-0.2, -0.15) is 10.2 Å². The van der Waals surface area contributed by atoms with Crippen LogP contribution >= 0.6 is 0 Å². The van der Waals surface area contributed by atoms with Gasteiger partial charge in [0.25, 0.3) is 5.91 Å². The molecule has 0 unspecified atom stereocenters. The van der Waals surface area contributed by atoms with Gasteiger partial charge in [-0.05, 0) is 43.5 Å². The smallest absolute Gasteiger partial charge is 0.346 e. The molecule has 4 aromatic rings. The van der Waals surface area contributed by atoms with Crippen LogP contribution in [0.15, 0.2) is 65.5 Å². The van der Waals surface area contributed by atoms with Gasteiger partial charge in [-0.1, -0.05) is 42.5 Å². The molecule has 1 amide bonds. The van der Waals surface area contributed by atoms with Gasteiger partial charge in [-0.15, -0.1) is 0 Å². The summed E-state index contributed by atoms with van der Waals surface area (Å²) in [4.78, 5) is 28.0. The van der Waals surface area contributed by atoms with E-state index in [9.17, 15) is 9.59 Å². The molecule has 0 saturated carbocycles. The highest BCUT2D eigenvalue weighted by molar-refractivity contribution is 5.93. The maximum Gasteiger partial charge on any atom is 0.346 e. The van der Waals surface area contributed by atoms with E-state index >= 15 is 0 Å². The number of rotatable bonds is 7. The number of nitrogens with one attached hydrogen (secondary N) is 1. The first-order chi connectivity index (χ1) is 17.6. The number of para-hydroxylation sites is 1. The molecule has 36 heavy (non-hydrogen) atoms. The van der Waals surface area contributed by atoms with E-state index in [1.807, 2.05) is 66.4 Å². The van der Waals surface area contributed by atoms with Crippen molar-refractivity contribution in [2.24, 2.45) is 0 Å². The van der Waals surface area contributed by atoms with Crippen molar-refractivity contribution in [1.82, 2.24) is 29.4 Å². The molecule has 1 saturated heterocycles. The summed E-state index contributed by atoms with van der Waals surface area (Å²) < 4.78 is 8.74. The third-order valence-electron chi connectivity index (χ3n) is 6.78. The number of methoxy groups -OCH3 is 1. The first-order valence-electron chi connectivity index (χ1n) is 12.3. The largest absolute Gasteiger partial charge is 0.496 e. The standard InChI is InChI=1S/C27H30N6O3/c1-3-32-25(30-33(27(32)35)18-19-9-5-4-6-10-19)20-13-15-31(16-14-20)26(34)23-17-22(28-29-23)21-11-7-8-12-24(21)36-2/h4-12,17,20H,3,13-16,18H2,1-2H3,(H,28,29). The predicted octanol–water partition coefficient (Wildman–Crippen LogP) is 3.53. The molecule has 1 aliphatic rings. The molecule has 1 N–H and O–H groups in total.